The molecule has 0 aromatic carbocycles. The SMILES string of the molecule is CN(Cc1nc(N)c2cnn(C)c2n1)Cc1nccn1C. The summed E-state index contributed by atoms with van der Waals surface area (Å²) in [4.78, 5) is 15.3. The van der Waals surface area contributed by atoms with E-state index < -0.39 is 0 Å². The number of rotatable bonds is 4. The van der Waals surface area contributed by atoms with Crippen molar-refractivity contribution < 1.29 is 0 Å². The molecule has 3 heterocycles. The van der Waals surface area contributed by atoms with E-state index >= 15 is 0 Å². The number of aryl methyl sites for hydroxylation is 2. The molecule has 0 aliphatic heterocycles. The number of nitrogens with zero attached hydrogens (tertiary/aromatic N) is 7. The van der Waals surface area contributed by atoms with Crippen LogP contribution in [0, 0.1) is 0 Å². The minimum absolute atomic E-state index is 0.466. The van der Waals surface area contributed by atoms with Gasteiger partial charge in [-0.05, 0) is 7.05 Å². The number of nitrogen functional groups attached to an aromatic ring is 1. The summed E-state index contributed by atoms with van der Waals surface area (Å²) in [6.45, 7) is 1.31. The maximum absolute atomic E-state index is 5.97. The lowest BCUT2D eigenvalue weighted by Crippen LogP contribution is -2.21. The first-order valence-electron chi connectivity index (χ1n) is 6.63. The Morgan fingerprint density at radius 3 is 2.76 bits per heavy atom. The fourth-order valence-electron chi connectivity index (χ4n) is 2.25. The van der Waals surface area contributed by atoms with Gasteiger partial charge >= 0.3 is 0 Å². The lowest BCUT2D eigenvalue weighted by atomic mass is 10.3. The molecule has 0 saturated heterocycles. The molecule has 2 N–H and O–H groups in total. The number of hydrogen-bond acceptors (Lipinski definition) is 6. The van der Waals surface area contributed by atoms with E-state index in [-0.39, 0.29) is 0 Å². The molecule has 110 valence electrons. The summed E-state index contributed by atoms with van der Waals surface area (Å²) in [7, 11) is 5.82. The summed E-state index contributed by atoms with van der Waals surface area (Å²) in [5.74, 6) is 2.14. The van der Waals surface area contributed by atoms with Crippen LogP contribution in [-0.2, 0) is 27.2 Å². The molecule has 0 fully saturated rings. The maximum Gasteiger partial charge on any atom is 0.163 e. The third-order valence-corrected chi connectivity index (χ3v) is 3.41. The van der Waals surface area contributed by atoms with Gasteiger partial charge in [0.25, 0.3) is 0 Å². The normalized spacial score (nSPS) is 11.6. The molecule has 8 nitrogen and oxygen atoms in total. The number of nitrogens with two attached hydrogens (primary N) is 1. The van der Waals surface area contributed by atoms with Crippen LogP contribution in [0.1, 0.15) is 11.6 Å². The molecule has 0 aliphatic rings. The molecular formula is C13H18N8. The van der Waals surface area contributed by atoms with Crippen molar-refractivity contribution in [1.82, 2.24) is 34.2 Å². The predicted octanol–water partition coefficient (Wildman–Crippen LogP) is 0.311. The van der Waals surface area contributed by atoms with Crippen molar-refractivity contribution in [1.29, 1.82) is 0 Å². The Morgan fingerprint density at radius 2 is 2.05 bits per heavy atom. The van der Waals surface area contributed by atoms with Gasteiger partial charge in [-0.15, -0.1) is 0 Å². The molecule has 0 atom stereocenters. The van der Waals surface area contributed by atoms with E-state index in [2.05, 4.69) is 25.0 Å². The van der Waals surface area contributed by atoms with E-state index in [1.807, 2.05) is 31.9 Å². The van der Waals surface area contributed by atoms with E-state index in [1.165, 1.54) is 0 Å². The van der Waals surface area contributed by atoms with E-state index in [1.54, 1.807) is 17.1 Å². The Kier molecular flexibility index (Phi) is 3.30. The number of aromatic nitrogens is 6. The zero-order valence-electron chi connectivity index (χ0n) is 12.4. The van der Waals surface area contributed by atoms with E-state index in [4.69, 9.17) is 5.73 Å². The second-order valence-electron chi connectivity index (χ2n) is 5.16. The van der Waals surface area contributed by atoms with Crippen LogP contribution in [0.4, 0.5) is 5.82 Å². The van der Waals surface area contributed by atoms with E-state index in [0.29, 0.717) is 18.2 Å². The average Bonchev–Trinajstić information content (AvgIpc) is 2.98. The lowest BCUT2D eigenvalue weighted by molar-refractivity contribution is 0.299. The minimum atomic E-state index is 0.466. The summed E-state index contributed by atoms with van der Waals surface area (Å²) >= 11 is 0. The van der Waals surface area contributed by atoms with Crippen molar-refractivity contribution in [3.8, 4) is 0 Å². The van der Waals surface area contributed by atoms with E-state index in [0.717, 1.165) is 23.4 Å². The molecule has 0 radical (unpaired) electrons. The number of fused-ring (bicyclic) bond motifs is 1. The number of hydrogen-bond donors (Lipinski definition) is 1. The second-order valence-corrected chi connectivity index (χ2v) is 5.16. The molecule has 0 spiro atoms. The Labute approximate surface area is 122 Å². The number of imidazole rings is 1. The topological polar surface area (TPSA) is 90.7 Å². The van der Waals surface area contributed by atoms with Crippen LogP contribution in [0.3, 0.4) is 0 Å². The van der Waals surface area contributed by atoms with Gasteiger partial charge in [0.1, 0.15) is 17.5 Å². The Morgan fingerprint density at radius 1 is 1.24 bits per heavy atom. The third-order valence-electron chi connectivity index (χ3n) is 3.41. The highest BCUT2D eigenvalue weighted by molar-refractivity contribution is 5.84. The minimum Gasteiger partial charge on any atom is -0.383 e. The quantitative estimate of drug-likeness (QED) is 0.742. The standard InChI is InChI=1S/C13H18N8/c1-19(8-11-15-4-5-20(11)2)7-10-17-12(14)9-6-16-21(3)13(9)18-10/h4-6H,7-8H2,1-3H3,(H2,14,17,18). The van der Waals surface area contributed by atoms with Crippen LogP contribution in [0.2, 0.25) is 0 Å². The zero-order chi connectivity index (χ0) is 15.0. The van der Waals surface area contributed by atoms with E-state index in [9.17, 15) is 0 Å². The van der Waals surface area contributed by atoms with Gasteiger partial charge in [0.05, 0.1) is 24.7 Å². The summed E-state index contributed by atoms with van der Waals surface area (Å²) in [5.41, 5.74) is 6.72. The smallest absolute Gasteiger partial charge is 0.163 e. The molecule has 3 aromatic heterocycles. The largest absolute Gasteiger partial charge is 0.383 e. The maximum atomic E-state index is 5.97. The van der Waals surface area contributed by atoms with Gasteiger partial charge in [0.2, 0.25) is 0 Å². The van der Waals surface area contributed by atoms with Crippen molar-refractivity contribution in [3.05, 3.63) is 30.2 Å². The summed E-state index contributed by atoms with van der Waals surface area (Å²) in [5, 5.41) is 4.94. The Bertz CT molecular complexity index is 772. The predicted molar refractivity (Wildman–Crippen MR) is 79.1 cm³/mol. The highest BCUT2D eigenvalue weighted by Crippen LogP contribution is 2.17. The van der Waals surface area contributed by atoms with Gasteiger partial charge < -0.3 is 10.3 Å². The van der Waals surface area contributed by atoms with Crippen LogP contribution >= 0.6 is 0 Å². The Balaban J connectivity index is 1.81. The molecule has 3 aromatic rings. The van der Waals surface area contributed by atoms with Gasteiger partial charge in [-0.3, -0.25) is 9.58 Å². The molecule has 0 saturated carbocycles. The van der Waals surface area contributed by atoms with Gasteiger partial charge in [-0.1, -0.05) is 0 Å². The van der Waals surface area contributed by atoms with Crippen LogP contribution in [-0.4, -0.2) is 41.2 Å². The monoisotopic (exact) mass is 286 g/mol. The molecule has 0 bridgehead atoms. The molecule has 0 aliphatic carbocycles. The van der Waals surface area contributed by atoms with Gasteiger partial charge in [-0.25, -0.2) is 15.0 Å². The second kappa shape index (κ2) is 5.13. The number of anilines is 1. The summed E-state index contributed by atoms with van der Waals surface area (Å²) in [6, 6.07) is 0. The molecule has 3 rings (SSSR count). The molecule has 0 unspecified atom stereocenters. The van der Waals surface area contributed by atoms with Crippen molar-refractivity contribution in [3.63, 3.8) is 0 Å². The molecule has 0 amide bonds. The van der Waals surface area contributed by atoms with Crippen LogP contribution < -0.4 is 5.73 Å². The first-order valence-corrected chi connectivity index (χ1v) is 6.63. The molecule has 8 heteroatoms. The fraction of sp³-hybridized carbons (Fsp3) is 0.385. The lowest BCUT2D eigenvalue weighted by Gasteiger charge is -2.15. The van der Waals surface area contributed by atoms with Crippen molar-refractivity contribution in [2.24, 2.45) is 14.1 Å². The fourth-order valence-corrected chi connectivity index (χ4v) is 2.25. The van der Waals surface area contributed by atoms with Gasteiger partial charge in [0.15, 0.2) is 5.65 Å². The van der Waals surface area contributed by atoms with Crippen LogP contribution in [0.25, 0.3) is 11.0 Å². The Hall–Kier alpha value is -2.48. The average molecular weight is 286 g/mol. The highest BCUT2D eigenvalue weighted by Gasteiger charge is 2.12. The summed E-state index contributed by atoms with van der Waals surface area (Å²) in [6.07, 6.45) is 5.41. The van der Waals surface area contributed by atoms with Gasteiger partial charge in [-0.2, -0.15) is 5.10 Å². The van der Waals surface area contributed by atoms with Crippen LogP contribution in [0.5, 0.6) is 0 Å². The highest BCUT2D eigenvalue weighted by atomic mass is 15.3. The van der Waals surface area contributed by atoms with Gasteiger partial charge in [0, 0.05) is 26.5 Å². The zero-order valence-corrected chi connectivity index (χ0v) is 12.4. The van der Waals surface area contributed by atoms with Crippen molar-refractivity contribution in [2.45, 2.75) is 13.1 Å². The molecule has 21 heavy (non-hydrogen) atoms. The summed E-state index contributed by atoms with van der Waals surface area (Å²) < 4.78 is 3.70. The first-order chi connectivity index (χ1) is 10.0. The van der Waals surface area contributed by atoms with Crippen molar-refractivity contribution in [2.75, 3.05) is 12.8 Å². The third kappa shape index (κ3) is 2.57. The first kappa shape index (κ1) is 13.5. The van der Waals surface area contributed by atoms with Crippen LogP contribution in [0.15, 0.2) is 18.6 Å². The van der Waals surface area contributed by atoms with Crippen molar-refractivity contribution >= 4 is 16.9 Å². The molecular weight excluding hydrogens is 268 g/mol.